The van der Waals surface area contributed by atoms with Crippen molar-refractivity contribution in [3.63, 3.8) is 0 Å². The van der Waals surface area contributed by atoms with Crippen molar-refractivity contribution in [1.82, 2.24) is 0 Å². The maximum atomic E-state index is 12.9. The van der Waals surface area contributed by atoms with Crippen LogP contribution < -0.4 is 4.74 Å². The van der Waals surface area contributed by atoms with E-state index in [2.05, 4.69) is 39.9 Å². The molecule has 0 amide bonds. The molecule has 0 radical (unpaired) electrons. The fraction of sp³-hybridized carbons (Fsp3) is 0.680. The highest BCUT2D eigenvalue weighted by molar-refractivity contribution is 6.74. The van der Waals surface area contributed by atoms with Crippen LogP contribution in [0.5, 0.6) is 5.75 Å². The summed E-state index contributed by atoms with van der Waals surface area (Å²) in [5, 5.41) is 10.1. The first-order valence-electron chi connectivity index (χ1n) is 11.7. The smallest absolute Gasteiger partial charge is 0.416 e. The lowest BCUT2D eigenvalue weighted by Crippen LogP contribution is -2.45. The van der Waals surface area contributed by atoms with Crippen LogP contribution in [0.25, 0.3) is 0 Å². The van der Waals surface area contributed by atoms with Crippen LogP contribution in [0.3, 0.4) is 0 Å². The first-order chi connectivity index (χ1) is 15.2. The van der Waals surface area contributed by atoms with Crippen LogP contribution in [0.1, 0.15) is 46.1 Å². The molecule has 1 aromatic carbocycles. The molecule has 1 aliphatic heterocycles. The van der Waals surface area contributed by atoms with Crippen LogP contribution in [0.2, 0.25) is 18.1 Å². The lowest BCUT2D eigenvalue weighted by molar-refractivity contribution is -0.137. The SMILES string of the molecule is CC(/C=C/[C@H]1C(O[Si](C)(C)C(C)(C)C)CC2OC(O)CC21)COc1cccc(C(F)(F)F)c1. The van der Waals surface area contributed by atoms with Crippen LogP contribution >= 0.6 is 0 Å². The molecule has 2 fully saturated rings. The second-order valence-corrected chi connectivity index (χ2v) is 15.7. The zero-order valence-electron chi connectivity index (χ0n) is 20.4. The Morgan fingerprint density at radius 3 is 2.55 bits per heavy atom. The van der Waals surface area contributed by atoms with Gasteiger partial charge in [-0.25, -0.2) is 0 Å². The highest BCUT2D eigenvalue weighted by Gasteiger charge is 2.51. The predicted octanol–water partition coefficient (Wildman–Crippen LogP) is 6.41. The van der Waals surface area contributed by atoms with Crippen molar-refractivity contribution in [3.8, 4) is 5.75 Å². The van der Waals surface area contributed by atoms with Crippen molar-refractivity contribution in [2.24, 2.45) is 17.8 Å². The van der Waals surface area contributed by atoms with Gasteiger partial charge in [0, 0.05) is 18.3 Å². The molecular formula is C25H37F3O4Si. The van der Waals surface area contributed by atoms with Gasteiger partial charge in [0.25, 0.3) is 0 Å². The molecule has 3 rings (SSSR count). The number of rotatable bonds is 7. The molecule has 4 nitrogen and oxygen atoms in total. The Hall–Kier alpha value is -1.35. The highest BCUT2D eigenvalue weighted by atomic mass is 28.4. The third-order valence-electron chi connectivity index (χ3n) is 7.26. The Labute approximate surface area is 196 Å². The minimum atomic E-state index is -4.39. The largest absolute Gasteiger partial charge is 0.493 e. The Kier molecular flexibility index (Phi) is 7.73. The topological polar surface area (TPSA) is 47.9 Å². The van der Waals surface area contributed by atoms with Crippen molar-refractivity contribution < 1.29 is 32.2 Å². The summed E-state index contributed by atoms with van der Waals surface area (Å²) < 4.78 is 56.9. The summed E-state index contributed by atoms with van der Waals surface area (Å²) in [5.41, 5.74) is -0.717. The fourth-order valence-corrected chi connectivity index (χ4v) is 5.72. The van der Waals surface area contributed by atoms with E-state index in [1.165, 1.54) is 12.1 Å². The number of aliphatic hydroxyl groups excluding tert-OH is 1. The lowest BCUT2D eigenvalue weighted by Gasteiger charge is -2.40. The average Bonchev–Trinajstić information content (AvgIpc) is 3.18. The number of hydrogen-bond donors (Lipinski definition) is 1. The molecule has 1 aliphatic carbocycles. The zero-order valence-corrected chi connectivity index (χ0v) is 21.4. The van der Waals surface area contributed by atoms with Crippen LogP contribution in [0.4, 0.5) is 13.2 Å². The maximum Gasteiger partial charge on any atom is 0.416 e. The molecule has 2 aliphatic rings. The number of halogens is 3. The molecule has 1 N–H and O–H groups in total. The Morgan fingerprint density at radius 1 is 1.21 bits per heavy atom. The van der Waals surface area contributed by atoms with E-state index in [1.807, 2.05) is 13.0 Å². The Morgan fingerprint density at radius 2 is 1.91 bits per heavy atom. The van der Waals surface area contributed by atoms with Crippen LogP contribution in [0.15, 0.2) is 36.4 Å². The molecule has 6 atom stereocenters. The summed E-state index contributed by atoms with van der Waals surface area (Å²) in [4.78, 5) is 0. The summed E-state index contributed by atoms with van der Waals surface area (Å²) in [6.45, 7) is 13.4. The van der Waals surface area contributed by atoms with E-state index in [9.17, 15) is 18.3 Å². The van der Waals surface area contributed by atoms with Crippen molar-refractivity contribution in [1.29, 1.82) is 0 Å². The molecule has 8 heteroatoms. The van der Waals surface area contributed by atoms with Gasteiger partial charge in [-0.3, -0.25) is 0 Å². The van der Waals surface area contributed by atoms with Gasteiger partial charge < -0.3 is 19.0 Å². The molecule has 1 saturated carbocycles. The first-order valence-corrected chi connectivity index (χ1v) is 14.6. The predicted molar refractivity (Wildman–Crippen MR) is 124 cm³/mol. The third kappa shape index (κ3) is 6.41. The molecule has 0 bridgehead atoms. The molecule has 5 unspecified atom stereocenters. The van der Waals surface area contributed by atoms with Gasteiger partial charge in [0.15, 0.2) is 14.6 Å². The lowest BCUT2D eigenvalue weighted by atomic mass is 9.91. The van der Waals surface area contributed by atoms with Gasteiger partial charge in [-0.2, -0.15) is 13.2 Å². The van der Waals surface area contributed by atoms with E-state index in [4.69, 9.17) is 13.9 Å². The number of fused-ring (bicyclic) bond motifs is 1. The van der Waals surface area contributed by atoms with E-state index < -0.39 is 26.3 Å². The van der Waals surface area contributed by atoms with Crippen molar-refractivity contribution in [2.75, 3.05) is 6.61 Å². The molecule has 0 aromatic heterocycles. The fourth-order valence-electron chi connectivity index (χ4n) is 4.35. The molecule has 33 heavy (non-hydrogen) atoms. The van der Waals surface area contributed by atoms with Crippen molar-refractivity contribution >= 4 is 8.32 Å². The summed E-state index contributed by atoms with van der Waals surface area (Å²) in [6, 6.07) is 4.95. The van der Waals surface area contributed by atoms with E-state index in [-0.39, 0.29) is 47.4 Å². The van der Waals surface area contributed by atoms with Gasteiger partial charge in [-0.05, 0) is 48.7 Å². The second-order valence-electron chi connectivity index (χ2n) is 11.0. The van der Waals surface area contributed by atoms with Crippen LogP contribution in [-0.4, -0.2) is 38.5 Å². The van der Waals surface area contributed by atoms with Gasteiger partial charge in [-0.15, -0.1) is 0 Å². The number of ether oxygens (including phenoxy) is 2. The van der Waals surface area contributed by atoms with Gasteiger partial charge in [-0.1, -0.05) is 45.9 Å². The summed E-state index contributed by atoms with van der Waals surface area (Å²) in [5.74, 6) is 0.525. The monoisotopic (exact) mass is 486 g/mol. The summed E-state index contributed by atoms with van der Waals surface area (Å²) in [6.07, 6.45) is 0.438. The third-order valence-corrected chi connectivity index (χ3v) is 11.8. The van der Waals surface area contributed by atoms with Gasteiger partial charge in [0.05, 0.1) is 24.4 Å². The molecule has 1 saturated heterocycles. The molecule has 186 valence electrons. The van der Waals surface area contributed by atoms with E-state index >= 15 is 0 Å². The normalized spacial score (nSPS) is 29.5. The van der Waals surface area contributed by atoms with E-state index in [0.717, 1.165) is 18.6 Å². The average molecular weight is 487 g/mol. The van der Waals surface area contributed by atoms with Gasteiger partial charge >= 0.3 is 6.18 Å². The first kappa shape index (κ1) is 26.3. The minimum Gasteiger partial charge on any atom is -0.493 e. The Bertz CT molecular complexity index is 834. The number of hydrogen-bond acceptors (Lipinski definition) is 4. The van der Waals surface area contributed by atoms with E-state index in [1.54, 1.807) is 0 Å². The van der Waals surface area contributed by atoms with Gasteiger partial charge in [0.2, 0.25) is 0 Å². The van der Waals surface area contributed by atoms with E-state index in [0.29, 0.717) is 6.42 Å². The number of alkyl halides is 3. The van der Waals surface area contributed by atoms with Crippen molar-refractivity contribution in [2.45, 2.75) is 83.3 Å². The zero-order chi connectivity index (χ0) is 24.6. The highest BCUT2D eigenvalue weighted by Crippen LogP contribution is 2.48. The molecule has 1 heterocycles. The quantitative estimate of drug-likeness (QED) is 0.357. The van der Waals surface area contributed by atoms with Crippen LogP contribution in [0, 0.1) is 17.8 Å². The molecular weight excluding hydrogens is 449 g/mol. The Balaban J connectivity index is 1.66. The second kappa shape index (κ2) is 9.72. The number of aliphatic hydroxyl groups is 1. The van der Waals surface area contributed by atoms with Crippen LogP contribution in [-0.2, 0) is 15.3 Å². The number of benzene rings is 1. The molecule has 0 spiro atoms. The standard InChI is InChI=1S/C25H37F3O4Si/c1-16(15-30-18-9-7-8-17(12-18)25(26,27)28)10-11-19-20-13-23(29)31-21(20)14-22(19)32-33(5,6)24(2,3)4/h7-12,16,19-23,29H,13-15H2,1-6H3/b11-10+/t16?,19-,20?,21?,22?,23?/m1/s1. The maximum absolute atomic E-state index is 12.9. The minimum absolute atomic E-state index is 0.000594. The summed E-state index contributed by atoms with van der Waals surface area (Å²) in [7, 11) is -1.98. The van der Waals surface area contributed by atoms with Gasteiger partial charge in [0.1, 0.15) is 5.75 Å². The molecule has 1 aromatic rings. The summed E-state index contributed by atoms with van der Waals surface area (Å²) >= 11 is 0. The van der Waals surface area contributed by atoms with Crippen molar-refractivity contribution in [3.05, 3.63) is 42.0 Å².